The number of carbonyl (C=O) groups excluding carboxylic acids is 3. The number of amides is 2. The molecule has 0 aromatic rings. The van der Waals surface area contributed by atoms with Crippen molar-refractivity contribution in [2.45, 2.75) is 102 Å². The first-order valence-corrected chi connectivity index (χ1v) is 13.5. The number of aliphatic hydroxyl groups is 1. The van der Waals surface area contributed by atoms with Gasteiger partial charge < -0.3 is 24.4 Å². The van der Waals surface area contributed by atoms with E-state index < -0.39 is 41.6 Å². The molecule has 4 aliphatic rings. The number of esters is 1. The van der Waals surface area contributed by atoms with Gasteiger partial charge in [0.05, 0.1) is 37.2 Å². The number of ether oxygens (including phenoxy) is 2. The van der Waals surface area contributed by atoms with E-state index in [0.717, 1.165) is 32.1 Å². The van der Waals surface area contributed by atoms with Crippen molar-refractivity contribution in [2.75, 3.05) is 19.8 Å². The van der Waals surface area contributed by atoms with Crippen LogP contribution in [0.1, 0.15) is 72.1 Å². The molecule has 3 saturated heterocycles. The normalized spacial score (nSPS) is 33.9. The summed E-state index contributed by atoms with van der Waals surface area (Å²) in [6, 6.07) is -1.29. The highest BCUT2D eigenvalue weighted by atomic mass is 16.6. The van der Waals surface area contributed by atoms with Crippen LogP contribution in [-0.4, -0.2) is 82.3 Å². The fourth-order valence-electron chi connectivity index (χ4n) is 7.16. The van der Waals surface area contributed by atoms with E-state index in [9.17, 15) is 19.5 Å². The molecule has 1 aliphatic carbocycles. The quantitative estimate of drug-likeness (QED) is 0.374. The van der Waals surface area contributed by atoms with Gasteiger partial charge in [0.2, 0.25) is 11.8 Å². The third-order valence-corrected chi connectivity index (χ3v) is 9.00. The number of hydrogen-bond donors (Lipinski definition) is 1. The predicted octanol–water partition coefficient (Wildman–Crippen LogP) is 2.68. The predicted molar refractivity (Wildman–Crippen MR) is 130 cm³/mol. The van der Waals surface area contributed by atoms with Crippen LogP contribution in [0.2, 0.25) is 0 Å². The Labute approximate surface area is 209 Å². The zero-order chi connectivity index (χ0) is 25.3. The third-order valence-electron chi connectivity index (χ3n) is 9.00. The molecular weight excluding hydrogens is 448 g/mol. The Morgan fingerprint density at radius 3 is 2.60 bits per heavy atom. The molecule has 7 atom stereocenters. The molecule has 8 heteroatoms. The molecule has 35 heavy (non-hydrogen) atoms. The largest absolute Gasteiger partial charge is 0.466 e. The lowest BCUT2D eigenvalue weighted by molar-refractivity contribution is -0.157. The lowest BCUT2D eigenvalue weighted by Gasteiger charge is -2.43. The summed E-state index contributed by atoms with van der Waals surface area (Å²) in [5.74, 6) is -2.32. The maximum absolute atomic E-state index is 14.5. The van der Waals surface area contributed by atoms with Crippen LogP contribution in [0.5, 0.6) is 0 Å². The summed E-state index contributed by atoms with van der Waals surface area (Å²) in [6.07, 6.45) is 8.40. The molecule has 1 spiro atoms. The number of fused-ring (bicyclic) bond motifs is 1. The van der Waals surface area contributed by atoms with Crippen LogP contribution >= 0.6 is 0 Å². The molecule has 196 valence electrons. The summed E-state index contributed by atoms with van der Waals surface area (Å²) in [6.45, 7) is 10.0. The van der Waals surface area contributed by atoms with E-state index in [0.29, 0.717) is 19.4 Å². The Bertz CT molecular complexity index is 826. The zero-order valence-corrected chi connectivity index (χ0v) is 21.5. The minimum absolute atomic E-state index is 0.0183. The van der Waals surface area contributed by atoms with Gasteiger partial charge in [-0.3, -0.25) is 14.4 Å². The topological polar surface area (TPSA) is 96.4 Å². The minimum Gasteiger partial charge on any atom is -0.466 e. The van der Waals surface area contributed by atoms with E-state index >= 15 is 0 Å². The molecule has 0 unspecified atom stereocenters. The van der Waals surface area contributed by atoms with Gasteiger partial charge in [-0.15, -0.1) is 6.58 Å². The number of nitrogens with zero attached hydrogens (tertiary/aromatic N) is 2. The van der Waals surface area contributed by atoms with Crippen molar-refractivity contribution < 1.29 is 29.0 Å². The molecule has 0 radical (unpaired) electrons. The van der Waals surface area contributed by atoms with Gasteiger partial charge in [-0.2, -0.15) is 0 Å². The average Bonchev–Trinajstić information content (AvgIpc) is 3.51. The summed E-state index contributed by atoms with van der Waals surface area (Å²) in [5.41, 5.74) is -1.06. The molecule has 3 aliphatic heterocycles. The Balaban J connectivity index is 1.78. The van der Waals surface area contributed by atoms with Crippen LogP contribution in [0.15, 0.2) is 12.7 Å². The summed E-state index contributed by atoms with van der Waals surface area (Å²) in [7, 11) is 0. The maximum Gasteiger partial charge on any atom is 0.312 e. The number of likely N-dealkylation sites (tertiary alicyclic amines) is 1. The number of carbonyl (C=O) groups is 3. The first kappa shape index (κ1) is 26.1. The fraction of sp³-hybridized carbons (Fsp3) is 0.815. The van der Waals surface area contributed by atoms with Gasteiger partial charge in [-0.25, -0.2) is 0 Å². The first-order valence-electron chi connectivity index (χ1n) is 13.5. The molecule has 0 aromatic heterocycles. The number of aliphatic hydroxyl groups excluding tert-OH is 1. The zero-order valence-electron chi connectivity index (χ0n) is 21.5. The second-order valence-electron chi connectivity index (χ2n) is 10.8. The van der Waals surface area contributed by atoms with Crippen molar-refractivity contribution in [3.8, 4) is 0 Å². The van der Waals surface area contributed by atoms with Crippen LogP contribution in [0.25, 0.3) is 0 Å². The molecule has 2 bridgehead atoms. The van der Waals surface area contributed by atoms with E-state index in [-0.39, 0.29) is 37.0 Å². The van der Waals surface area contributed by atoms with Crippen molar-refractivity contribution in [2.24, 2.45) is 17.8 Å². The van der Waals surface area contributed by atoms with Crippen LogP contribution in [-0.2, 0) is 23.9 Å². The van der Waals surface area contributed by atoms with Gasteiger partial charge in [0, 0.05) is 12.6 Å². The van der Waals surface area contributed by atoms with Crippen molar-refractivity contribution in [1.29, 1.82) is 0 Å². The van der Waals surface area contributed by atoms with Crippen molar-refractivity contribution in [3.05, 3.63) is 12.7 Å². The molecule has 1 saturated carbocycles. The van der Waals surface area contributed by atoms with Gasteiger partial charge >= 0.3 is 5.97 Å². The second-order valence-corrected chi connectivity index (χ2v) is 10.8. The minimum atomic E-state index is -1.06. The lowest BCUT2D eigenvalue weighted by atomic mass is 9.70. The Morgan fingerprint density at radius 2 is 2.00 bits per heavy atom. The standard InChI is InChI=1S/C27H42N2O6/c1-5-15-28(18-11-9-8-10-12-18)25(32)23-27-14-13-20(35-27)21(26(33)34-7-3)22(27)24(31)29(23)19(16-30)17(4)6-2/h5,17-23,30H,1,6-16H2,2-4H3/t17-,19-,20+,21-,22-,23+,27-/m0/s1. The van der Waals surface area contributed by atoms with Crippen molar-refractivity contribution in [3.63, 3.8) is 0 Å². The number of rotatable bonds is 10. The number of hydrogen-bond acceptors (Lipinski definition) is 6. The molecule has 4 fully saturated rings. The Kier molecular flexibility index (Phi) is 7.91. The van der Waals surface area contributed by atoms with Crippen LogP contribution in [0.4, 0.5) is 0 Å². The van der Waals surface area contributed by atoms with Gasteiger partial charge in [-0.05, 0) is 38.5 Å². The van der Waals surface area contributed by atoms with Gasteiger partial charge in [0.1, 0.15) is 11.6 Å². The summed E-state index contributed by atoms with van der Waals surface area (Å²) < 4.78 is 11.9. The van der Waals surface area contributed by atoms with Crippen molar-refractivity contribution in [1.82, 2.24) is 9.80 Å². The summed E-state index contributed by atoms with van der Waals surface area (Å²) >= 11 is 0. The Morgan fingerprint density at radius 1 is 1.29 bits per heavy atom. The highest BCUT2D eigenvalue weighted by Gasteiger charge is 2.75. The third kappa shape index (κ3) is 4.20. The second kappa shape index (κ2) is 10.6. The molecular formula is C27H42N2O6. The highest BCUT2D eigenvalue weighted by Crippen LogP contribution is 2.59. The smallest absolute Gasteiger partial charge is 0.312 e. The van der Waals surface area contributed by atoms with Gasteiger partial charge in [0.25, 0.3) is 0 Å². The average molecular weight is 491 g/mol. The molecule has 1 N–H and O–H groups in total. The molecule has 0 aromatic carbocycles. The van der Waals surface area contributed by atoms with Crippen molar-refractivity contribution >= 4 is 17.8 Å². The van der Waals surface area contributed by atoms with Gasteiger partial charge in [0.15, 0.2) is 0 Å². The van der Waals surface area contributed by atoms with E-state index in [1.807, 2.05) is 18.7 Å². The van der Waals surface area contributed by atoms with E-state index in [4.69, 9.17) is 9.47 Å². The monoisotopic (exact) mass is 490 g/mol. The molecule has 4 rings (SSSR count). The summed E-state index contributed by atoms with van der Waals surface area (Å²) in [4.78, 5) is 45.0. The summed E-state index contributed by atoms with van der Waals surface area (Å²) in [5, 5.41) is 10.4. The van der Waals surface area contributed by atoms with E-state index in [1.54, 1.807) is 17.9 Å². The van der Waals surface area contributed by atoms with Crippen LogP contribution in [0.3, 0.4) is 0 Å². The molecule has 2 amide bonds. The highest BCUT2D eigenvalue weighted by molar-refractivity contribution is 5.98. The van der Waals surface area contributed by atoms with Crippen LogP contribution < -0.4 is 0 Å². The van der Waals surface area contributed by atoms with E-state index in [1.165, 1.54) is 6.42 Å². The maximum atomic E-state index is 14.5. The SMILES string of the molecule is C=CCN(C(=O)[C@H]1N([C@@H](CO)[C@@H](C)CC)C(=O)[C@@H]2[C@@H](C(=O)OCC)[C@H]3CC[C@]21O3)C1CCCCC1. The lowest BCUT2D eigenvalue weighted by Crippen LogP contribution is -2.61. The fourth-order valence-corrected chi connectivity index (χ4v) is 7.16. The molecule has 3 heterocycles. The first-order chi connectivity index (χ1) is 16.9. The van der Waals surface area contributed by atoms with Crippen LogP contribution in [0, 0.1) is 17.8 Å². The van der Waals surface area contributed by atoms with E-state index in [2.05, 4.69) is 6.58 Å². The Hall–Kier alpha value is -1.93. The molecule has 8 nitrogen and oxygen atoms in total. The van der Waals surface area contributed by atoms with Gasteiger partial charge in [-0.1, -0.05) is 45.6 Å².